The predicted molar refractivity (Wildman–Crippen MR) is 96.1 cm³/mol. The van der Waals surface area contributed by atoms with E-state index in [0.717, 1.165) is 37.5 Å². The lowest BCUT2D eigenvalue weighted by Crippen LogP contribution is -2.47. The number of nitrogens with zero attached hydrogens (tertiary/aromatic N) is 2. The van der Waals surface area contributed by atoms with Crippen molar-refractivity contribution in [2.45, 2.75) is 25.8 Å². The van der Waals surface area contributed by atoms with Crippen molar-refractivity contribution in [1.29, 1.82) is 0 Å². The molecule has 2 saturated heterocycles. The minimum absolute atomic E-state index is 0.232. The Bertz CT molecular complexity index is 653. The van der Waals surface area contributed by atoms with E-state index in [1.165, 1.54) is 24.3 Å². The van der Waals surface area contributed by atoms with Crippen LogP contribution in [-0.2, 0) is 6.54 Å². The zero-order valence-corrected chi connectivity index (χ0v) is 14.9. The zero-order valence-electron chi connectivity index (χ0n) is 13.2. The molecule has 1 spiro atoms. The standard InChI is InChI=1S/C18H22N2OS2/c21-17(16-5-2-11-23-16)20-8-3-6-18(14-20)7-9-19(13-18)12-15-4-1-10-22-15/h1-2,4-5,10-11H,3,6-9,12-14H2/t18-/m0/s1. The number of thiophene rings is 2. The van der Waals surface area contributed by atoms with Crippen LogP contribution in [0.2, 0.25) is 0 Å². The highest BCUT2D eigenvalue weighted by Crippen LogP contribution is 2.40. The van der Waals surface area contributed by atoms with Crippen LogP contribution >= 0.6 is 22.7 Å². The molecule has 122 valence electrons. The van der Waals surface area contributed by atoms with Crippen molar-refractivity contribution in [3.63, 3.8) is 0 Å². The molecule has 0 saturated carbocycles. The van der Waals surface area contributed by atoms with Gasteiger partial charge in [0.1, 0.15) is 0 Å². The third-order valence-electron chi connectivity index (χ3n) is 5.16. The smallest absolute Gasteiger partial charge is 0.263 e. The number of carbonyl (C=O) groups is 1. The topological polar surface area (TPSA) is 23.6 Å². The van der Waals surface area contributed by atoms with Gasteiger partial charge in [0.15, 0.2) is 0 Å². The van der Waals surface area contributed by atoms with Gasteiger partial charge < -0.3 is 4.90 Å². The first-order chi connectivity index (χ1) is 11.2. The first-order valence-corrected chi connectivity index (χ1v) is 10.1. The maximum Gasteiger partial charge on any atom is 0.263 e. The molecule has 0 radical (unpaired) electrons. The van der Waals surface area contributed by atoms with E-state index in [1.807, 2.05) is 28.8 Å². The van der Waals surface area contributed by atoms with Crippen LogP contribution in [0.15, 0.2) is 35.0 Å². The van der Waals surface area contributed by atoms with Crippen molar-refractivity contribution in [1.82, 2.24) is 9.80 Å². The fourth-order valence-corrected chi connectivity index (χ4v) is 5.49. The molecule has 2 aliphatic heterocycles. The number of hydrogen-bond acceptors (Lipinski definition) is 4. The Morgan fingerprint density at radius 2 is 1.96 bits per heavy atom. The van der Waals surface area contributed by atoms with Crippen LogP contribution in [0, 0.1) is 5.41 Å². The molecule has 0 aliphatic carbocycles. The Morgan fingerprint density at radius 1 is 1.09 bits per heavy atom. The quantitative estimate of drug-likeness (QED) is 0.840. The van der Waals surface area contributed by atoms with Gasteiger partial charge in [0.05, 0.1) is 4.88 Å². The highest BCUT2D eigenvalue weighted by Gasteiger charge is 2.42. The van der Waals surface area contributed by atoms with E-state index < -0.39 is 0 Å². The van der Waals surface area contributed by atoms with E-state index in [2.05, 4.69) is 27.3 Å². The summed E-state index contributed by atoms with van der Waals surface area (Å²) in [6.07, 6.45) is 3.64. The molecule has 1 amide bonds. The second kappa shape index (κ2) is 6.38. The summed E-state index contributed by atoms with van der Waals surface area (Å²) in [4.78, 5) is 19.7. The van der Waals surface area contributed by atoms with E-state index in [-0.39, 0.29) is 5.91 Å². The van der Waals surface area contributed by atoms with Crippen molar-refractivity contribution >= 4 is 28.6 Å². The summed E-state index contributed by atoms with van der Waals surface area (Å²) in [6, 6.07) is 8.28. The maximum absolute atomic E-state index is 12.7. The molecule has 4 heterocycles. The van der Waals surface area contributed by atoms with Gasteiger partial charge in [-0.25, -0.2) is 0 Å². The molecule has 1 atom stereocenters. The Labute approximate surface area is 145 Å². The molecule has 2 fully saturated rings. The summed E-state index contributed by atoms with van der Waals surface area (Å²) in [5, 5.41) is 4.15. The molecule has 2 aromatic rings. The lowest BCUT2D eigenvalue weighted by atomic mass is 9.79. The van der Waals surface area contributed by atoms with Gasteiger partial charge in [0.25, 0.3) is 5.91 Å². The van der Waals surface area contributed by atoms with Crippen LogP contribution < -0.4 is 0 Å². The first kappa shape index (κ1) is 15.4. The largest absolute Gasteiger partial charge is 0.337 e. The fraction of sp³-hybridized carbons (Fsp3) is 0.500. The highest BCUT2D eigenvalue weighted by atomic mass is 32.1. The van der Waals surface area contributed by atoms with E-state index in [1.54, 1.807) is 11.3 Å². The Morgan fingerprint density at radius 3 is 2.74 bits per heavy atom. The van der Waals surface area contributed by atoms with Crippen LogP contribution in [0.5, 0.6) is 0 Å². The van der Waals surface area contributed by atoms with Gasteiger partial charge in [0.2, 0.25) is 0 Å². The summed E-state index contributed by atoms with van der Waals surface area (Å²) < 4.78 is 0. The molecule has 2 aliphatic rings. The number of hydrogen-bond donors (Lipinski definition) is 0. The molecule has 5 heteroatoms. The van der Waals surface area contributed by atoms with Crippen LogP contribution in [0.1, 0.15) is 33.8 Å². The number of piperidine rings is 1. The van der Waals surface area contributed by atoms with Gasteiger partial charge in [-0.15, -0.1) is 22.7 Å². The van der Waals surface area contributed by atoms with Crippen molar-refractivity contribution in [2.75, 3.05) is 26.2 Å². The van der Waals surface area contributed by atoms with Gasteiger partial charge >= 0.3 is 0 Å². The Hall–Kier alpha value is -1.17. The summed E-state index contributed by atoms with van der Waals surface area (Å²) in [7, 11) is 0. The van der Waals surface area contributed by atoms with E-state index in [9.17, 15) is 4.79 Å². The van der Waals surface area contributed by atoms with Crippen molar-refractivity contribution < 1.29 is 4.79 Å². The lowest BCUT2D eigenvalue weighted by molar-refractivity contribution is 0.0531. The fourth-order valence-electron chi connectivity index (χ4n) is 4.06. The van der Waals surface area contributed by atoms with Gasteiger partial charge in [-0.05, 0) is 48.7 Å². The molecule has 0 aromatic carbocycles. The predicted octanol–water partition coefficient (Wildman–Crippen LogP) is 3.94. The SMILES string of the molecule is O=C(c1cccs1)N1CCC[C@@]2(CCN(Cc3cccs3)C2)C1. The third-order valence-corrected chi connectivity index (χ3v) is 6.88. The third kappa shape index (κ3) is 3.23. The number of likely N-dealkylation sites (tertiary alicyclic amines) is 2. The molecular weight excluding hydrogens is 324 g/mol. The first-order valence-electron chi connectivity index (χ1n) is 8.32. The number of carbonyl (C=O) groups excluding carboxylic acids is 1. The normalized spacial score (nSPS) is 25.3. The van der Waals surface area contributed by atoms with Crippen LogP contribution in [0.25, 0.3) is 0 Å². The zero-order chi connectivity index (χ0) is 15.7. The van der Waals surface area contributed by atoms with Gasteiger partial charge in [-0.2, -0.15) is 0 Å². The minimum atomic E-state index is 0.232. The van der Waals surface area contributed by atoms with Crippen LogP contribution in [0.4, 0.5) is 0 Å². The molecule has 2 aromatic heterocycles. The average molecular weight is 347 g/mol. The van der Waals surface area contributed by atoms with Gasteiger partial charge in [-0.1, -0.05) is 12.1 Å². The second-order valence-electron chi connectivity index (χ2n) is 6.85. The molecule has 0 bridgehead atoms. The van der Waals surface area contributed by atoms with E-state index in [0.29, 0.717) is 5.41 Å². The lowest BCUT2D eigenvalue weighted by Gasteiger charge is -2.40. The Balaban J connectivity index is 1.42. The van der Waals surface area contributed by atoms with Crippen molar-refractivity contribution in [2.24, 2.45) is 5.41 Å². The van der Waals surface area contributed by atoms with Crippen LogP contribution in [-0.4, -0.2) is 41.9 Å². The van der Waals surface area contributed by atoms with Crippen molar-refractivity contribution in [3.8, 4) is 0 Å². The summed E-state index contributed by atoms with van der Waals surface area (Å²) in [6.45, 7) is 5.23. The summed E-state index contributed by atoms with van der Waals surface area (Å²) in [5.74, 6) is 0.232. The molecule has 0 N–H and O–H groups in total. The monoisotopic (exact) mass is 346 g/mol. The highest BCUT2D eigenvalue weighted by molar-refractivity contribution is 7.12. The number of amides is 1. The molecular formula is C18H22N2OS2. The van der Waals surface area contributed by atoms with Crippen molar-refractivity contribution in [3.05, 3.63) is 44.8 Å². The minimum Gasteiger partial charge on any atom is -0.337 e. The molecule has 0 unspecified atom stereocenters. The van der Waals surface area contributed by atoms with Gasteiger partial charge in [-0.3, -0.25) is 9.69 Å². The maximum atomic E-state index is 12.7. The second-order valence-corrected chi connectivity index (χ2v) is 8.83. The van der Waals surface area contributed by atoms with E-state index >= 15 is 0 Å². The molecule has 23 heavy (non-hydrogen) atoms. The van der Waals surface area contributed by atoms with Crippen LogP contribution in [0.3, 0.4) is 0 Å². The summed E-state index contributed by atoms with van der Waals surface area (Å²) in [5.41, 5.74) is 0.322. The van der Waals surface area contributed by atoms with E-state index in [4.69, 9.17) is 0 Å². The molecule has 4 rings (SSSR count). The Kier molecular flexibility index (Phi) is 4.26. The molecule has 3 nitrogen and oxygen atoms in total. The average Bonchev–Trinajstić information content (AvgIpc) is 3.30. The summed E-state index contributed by atoms with van der Waals surface area (Å²) >= 11 is 3.40. The van der Waals surface area contributed by atoms with Gasteiger partial charge in [0, 0.05) is 36.5 Å². The number of rotatable bonds is 3.